The summed E-state index contributed by atoms with van der Waals surface area (Å²) in [6, 6.07) is 4.13. The van der Waals surface area contributed by atoms with Crippen molar-refractivity contribution in [2.45, 2.75) is 26.2 Å². The molecule has 0 saturated heterocycles. The Labute approximate surface area is 123 Å². The van der Waals surface area contributed by atoms with Crippen molar-refractivity contribution in [1.29, 1.82) is 0 Å². The summed E-state index contributed by atoms with van der Waals surface area (Å²) in [6.45, 7) is 5.10. The van der Waals surface area contributed by atoms with Crippen LogP contribution >= 0.6 is 0 Å². The van der Waals surface area contributed by atoms with Crippen LogP contribution in [0.25, 0.3) is 5.52 Å². The zero-order valence-electron chi connectivity index (χ0n) is 12.6. The lowest BCUT2D eigenvalue weighted by molar-refractivity contribution is 0.711. The third-order valence-electron chi connectivity index (χ3n) is 3.60. The average molecular weight is 284 g/mol. The number of aryl methyl sites for hydroxylation is 1. The Bertz CT molecular complexity index is 740. The largest absolute Gasteiger partial charge is 0.368 e. The summed E-state index contributed by atoms with van der Waals surface area (Å²) in [7, 11) is 1.96. The highest BCUT2D eigenvalue weighted by Gasteiger charge is 2.09. The van der Waals surface area contributed by atoms with Gasteiger partial charge in [-0.3, -0.25) is 4.68 Å². The summed E-state index contributed by atoms with van der Waals surface area (Å²) in [6.07, 6.45) is 6.38. The van der Waals surface area contributed by atoms with Crippen LogP contribution in [0.1, 0.15) is 31.2 Å². The van der Waals surface area contributed by atoms with Crippen molar-refractivity contribution < 1.29 is 0 Å². The van der Waals surface area contributed by atoms with Crippen LogP contribution in [-0.2, 0) is 13.5 Å². The fourth-order valence-electron chi connectivity index (χ4n) is 2.31. The molecular weight excluding hydrogens is 264 g/mol. The van der Waals surface area contributed by atoms with Gasteiger partial charge in [-0.15, -0.1) is 0 Å². The fraction of sp³-hybridized carbons (Fsp3) is 0.400. The summed E-state index contributed by atoms with van der Waals surface area (Å²) in [5.74, 6) is 1.28. The molecule has 0 aliphatic carbocycles. The molecule has 0 amide bonds. The van der Waals surface area contributed by atoms with Gasteiger partial charge in [-0.05, 0) is 18.1 Å². The number of anilines is 1. The first-order chi connectivity index (χ1) is 10.1. The van der Waals surface area contributed by atoms with E-state index in [0.717, 1.165) is 30.0 Å². The summed E-state index contributed by atoms with van der Waals surface area (Å²) in [5, 5.41) is 12.1. The first-order valence-electron chi connectivity index (χ1n) is 7.20. The summed E-state index contributed by atoms with van der Waals surface area (Å²) < 4.78 is 3.78. The predicted octanol–water partition coefficient (Wildman–Crippen LogP) is 2.24. The molecule has 0 atom stereocenters. The van der Waals surface area contributed by atoms with Gasteiger partial charge in [0.1, 0.15) is 5.52 Å². The van der Waals surface area contributed by atoms with Gasteiger partial charge in [0.15, 0.2) is 5.82 Å². The van der Waals surface area contributed by atoms with Crippen LogP contribution in [-0.4, -0.2) is 30.9 Å². The first kappa shape index (κ1) is 13.6. The van der Waals surface area contributed by atoms with Gasteiger partial charge in [0.05, 0.1) is 5.69 Å². The lowest BCUT2D eigenvalue weighted by Crippen LogP contribution is -2.10. The minimum atomic E-state index is 0.409. The molecule has 3 aromatic rings. The lowest BCUT2D eigenvalue weighted by Gasteiger charge is -2.07. The maximum atomic E-state index is 4.57. The number of aromatic nitrogens is 5. The quantitative estimate of drug-likeness (QED) is 0.780. The number of nitrogens with zero attached hydrogens (tertiary/aromatic N) is 5. The number of nitrogens with one attached hydrogen (secondary N) is 1. The molecule has 0 aliphatic heterocycles. The molecule has 1 N–H and O–H groups in total. The van der Waals surface area contributed by atoms with Crippen molar-refractivity contribution in [3.05, 3.63) is 42.1 Å². The van der Waals surface area contributed by atoms with Crippen LogP contribution in [0.4, 0.5) is 5.82 Å². The summed E-state index contributed by atoms with van der Waals surface area (Å²) in [5.41, 5.74) is 3.30. The molecule has 110 valence electrons. The highest BCUT2D eigenvalue weighted by Crippen LogP contribution is 2.19. The Hall–Kier alpha value is -2.37. The van der Waals surface area contributed by atoms with Gasteiger partial charge < -0.3 is 5.32 Å². The molecule has 0 bridgehead atoms. The highest BCUT2D eigenvalue weighted by molar-refractivity contribution is 5.67. The molecule has 0 radical (unpaired) electrons. The second kappa shape index (κ2) is 5.55. The normalized spacial score (nSPS) is 11.4. The fourth-order valence-corrected chi connectivity index (χ4v) is 2.31. The van der Waals surface area contributed by atoms with Crippen molar-refractivity contribution in [3.63, 3.8) is 0 Å². The first-order valence-corrected chi connectivity index (χ1v) is 7.20. The van der Waals surface area contributed by atoms with Gasteiger partial charge >= 0.3 is 0 Å². The molecule has 0 saturated carbocycles. The summed E-state index contributed by atoms with van der Waals surface area (Å²) in [4.78, 5) is 4.43. The van der Waals surface area contributed by atoms with E-state index in [4.69, 9.17) is 0 Å². The maximum Gasteiger partial charge on any atom is 0.152 e. The van der Waals surface area contributed by atoms with Gasteiger partial charge in [-0.2, -0.15) is 10.2 Å². The smallest absolute Gasteiger partial charge is 0.152 e. The van der Waals surface area contributed by atoms with Crippen molar-refractivity contribution >= 4 is 11.3 Å². The molecule has 3 rings (SSSR count). The van der Waals surface area contributed by atoms with Crippen LogP contribution in [0.15, 0.2) is 30.7 Å². The lowest BCUT2D eigenvalue weighted by atomic mass is 10.1. The van der Waals surface area contributed by atoms with E-state index in [2.05, 4.69) is 40.4 Å². The zero-order chi connectivity index (χ0) is 14.8. The van der Waals surface area contributed by atoms with Crippen LogP contribution in [0.5, 0.6) is 0 Å². The molecule has 0 spiro atoms. The summed E-state index contributed by atoms with van der Waals surface area (Å²) >= 11 is 0. The standard InChI is InChI=1S/C15H20N6/c1-11(2)13-10-14-15(17-8-9-21(14)19-13)16-6-4-12-5-7-18-20(12)3/h5,7-11H,4,6H2,1-3H3,(H,16,17). The van der Waals surface area contributed by atoms with Crippen molar-refractivity contribution in [3.8, 4) is 0 Å². The van der Waals surface area contributed by atoms with Gasteiger partial charge in [-0.25, -0.2) is 9.50 Å². The average Bonchev–Trinajstić information content (AvgIpc) is 3.06. The second-order valence-corrected chi connectivity index (χ2v) is 5.45. The molecule has 0 aromatic carbocycles. The molecule has 3 heterocycles. The molecule has 0 fully saturated rings. The van der Waals surface area contributed by atoms with E-state index in [-0.39, 0.29) is 0 Å². The van der Waals surface area contributed by atoms with Crippen molar-refractivity contribution in [1.82, 2.24) is 24.4 Å². The monoisotopic (exact) mass is 284 g/mol. The third-order valence-corrected chi connectivity index (χ3v) is 3.60. The topological polar surface area (TPSA) is 60.0 Å². The van der Waals surface area contributed by atoms with E-state index in [0.29, 0.717) is 5.92 Å². The number of hydrogen-bond acceptors (Lipinski definition) is 4. The Kier molecular flexibility index (Phi) is 3.60. The second-order valence-electron chi connectivity index (χ2n) is 5.45. The zero-order valence-corrected chi connectivity index (χ0v) is 12.6. The van der Waals surface area contributed by atoms with E-state index >= 15 is 0 Å². The SMILES string of the molecule is CC(C)c1cc2c(NCCc3ccnn3C)nccn2n1. The van der Waals surface area contributed by atoms with Gasteiger partial charge in [0.25, 0.3) is 0 Å². The molecule has 0 unspecified atom stereocenters. The van der Waals surface area contributed by atoms with Crippen LogP contribution in [0.3, 0.4) is 0 Å². The van der Waals surface area contributed by atoms with Gasteiger partial charge in [0, 0.05) is 44.3 Å². The van der Waals surface area contributed by atoms with Gasteiger partial charge in [-0.1, -0.05) is 13.8 Å². The molecule has 6 heteroatoms. The van der Waals surface area contributed by atoms with Crippen LogP contribution in [0.2, 0.25) is 0 Å². The maximum absolute atomic E-state index is 4.57. The Morgan fingerprint density at radius 1 is 1.29 bits per heavy atom. The van der Waals surface area contributed by atoms with E-state index < -0.39 is 0 Å². The third kappa shape index (κ3) is 2.74. The Morgan fingerprint density at radius 2 is 2.14 bits per heavy atom. The molecule has 0 aliphatic rings. The van der Waals surface area contributed by atoms with Gasteiger partial charge in [0.2, 0.25) is 0 Å². The van der Waals surface area contributed by atoms with E-state index in [1.54, 1.807) is 6.20 Å². The van der Waals surface area contributed by atoms with E-state index in [9.17, 15) is 0 Å². The Balaban J connectivity index is 1.76. The van der Waals surface area contributed by atoms with E-state index in [1.165, 1.54) is 5.69 Å². The molecular formula is C15H20N6. The molecule has 6 nitrogen and oxygen atoms in total. The minimum absolute atomic E-state index is 0.409. The van der Waals surface area contributed by atoms with Crippen molar-refractivity contribution in [2.24, 2.45) is 7.05 Å². The van der Waals surface area contributed by atoms with Crippen LogP contribution in [0, 0.1) is 0 Å². The molecule has 21 heavy (non-hydrogen) atoms. The van der Waals surface area contributed by atoms with E-state index in [1.807, 2.05) is 34.7 Å². The Morgan fingerprint density at radius 3 is 2.86 bits per heavy atom. The van der Waals surface area contributed by atoms with Crippen LogP contribution < -0.4 is 5.32 Å². The number of fused-ring (bicyclic) bond motifs is 1. The number of hydrogen-bond donors (Lipinski definition) is 1. The minimum Gasteiger partial charge on any atom is -0.368 e. The van der Waals surface area contributed by atoms with Crippen molar-refractivity contribution in [2.75, 3.05) is 11.9 Å². The predicted molar refractivity (Wildman–Crippen MR) is 82.5 cm³/mol. The highest BCUT2D eigenvalue weighted by atomic mass is 15.3. The number of rotatable bonds is 5. The molecule has 3 aromatic heterocycles.